The van der Waals surface area contributed by atoms with E-state index < -0.39 is 10.0 Å². The van der Waals surface area contributed by atoms with Crippen molar-refractivity contribution in [2.24, 2.45) is 0 Å². The van der Waals surface area contributed by atoms with Crippen LogP contribution >= 0.6 is 11.3 Å². The maximum atomic E-state index is 12.8. The highest BCUT2D eigenvalue weighted by molar-refractivity contribution is 7.92. The first-order chi connectivity index (χ1) is 17.8. The molecule has 190 valence electrons. The molecule has 37 heavy (non-hydrogen) atoms. The number of aromatic nitrogens is 3. The SMILES string of the molecule is COc1ccc(-c2csc3ncnc(Nc4ccc(S(=O)(=O)Nc5onc(C)c5C)cc4)c23)cc1OC. The fourth-order valence-corrected chi connectivity index (χ4v) is 5.69. The highest BCUT2D eigenvalue weighted by Gasteiger charge is 2.20. The topological polar surface area (TPSA) is 128 Å². The number of fused-ring (bicyclic) bond motifs is 1. The first-order valence-electron chi connectivity index (χ1n) is 11.1. The molecule has 0 aliphatic heterocycles. The Morgan fingerprint density at radius 2 is 1.73 bits per heavy atom. The maximum Gasteiger partial charge on any atom is 0.264 e. The van der Waals surface area contributed by atoms with Gasteiger partial charge in [0.2, 0.25) is 5.88 Å². The van der Waals surface area contributed by atoms with Crippen LogP contribution in [-0.2, 0) is 10.0 Å². The molecule has 3 aromatic heterocycles. The zero-order valence-corrected chi connectivity index (χ0v) is 22.0. The number of thiophene rings is 1. The zero-order valence-electron chi connectivity index (χ0n) is 20.4. The van der Waals surface area contributed by atoms with E-state index in [2.05, 4.69) is 25.2 Å². The molecule has 0 saturated carbocycles. The van der Waals surface area contributed by atoms with Crippen LogP contribution in [0.1, 0.15) is 11.3 Å². The third kappa shape index (κ3) is 4.68. The van der Waals surface area contributed by atoms with Gasteiger partial charge in [-0.05, 0) is 55.8 Å². The van der Waals surface area contributed by atoms with Crippen LogP contribution in [0.3, 0.4) is 0 Å². The van der Waals surface area contributed by atoms with Crippen LogP contribution in [-0.4, -0.2) is 37.8 Å². The van der Waals surface area contributed by atoms with Crippen molar-refractivity contribution >= 4 is 49.0 Å². The zero-order chi connectivity index (χ0) is 26.2. The van der Waals surface area contributed by atoms with Gasteiger partial charge in [-0.3, -0.25) is 0 Å². The van der Waals surface area contributed by atoms with Gasteiger partial charge >= 0.3 is 0 Å². The van der Waals surface area contributed by atoms with E-state index in [9.17, 15) is 8.42 Å². The van der Waals surface area contributed by atoms with Crippen molar-refractivity contribution in [1.82, 2.24) is 15.1 Å². The monoisotopic (exact) mass is 537 g/mol. The molecule has 0 aliphatic rings. The van der Waals surface area contributed by atoms with Gasteiger partial charge in [0.1, 0.15) is 17.0 Å². The summed E-state index contributed by atoms with van der Waals surface area (Å²) in [5, 5.41) is 9.93. The minimum Gasteiger partial charge on any atom is -0.493 e. The molecule has 0 unspecified atom stereocenters. The van der Waals surface area contributed by atoms with Gasteiger partial charge < -0.3 is 19.3 Å². The van der Waals surface area contributed by atoms with E-state index in [4.69, 9.17) is 14.0 Å². The molecular formula is C25H23N5O5S2. The van der Waals surface area contributed by atoms with Crippen LogP contribution in [0.5, 0.6) is 11.5 Å². The molecule has 0 bridgehead atoms. The summed E-state index contributed by atoms with van der Waals surface area (Å²) in [7, 11) is -0.663. The Morgan fingerprint density at radius 3 is 2.41 bits per heavy atom. The lowest BCUT2D eigenvalue weighted by molar-refractivity contribution is 0.355. The van der Waals surface area contributed by atoms with E-state index in [1.807, 2.05) is 23.6 Å². The van der Waals surface area contributed by atoms with Crippen LogP contribution in [0.4, 0.5) is 17.4 Å². The summed E-state index contributed by atoms with van der Waals surface area (Å²) in [6.45, 7) is 3.48. The molecule has 0 radical (unpaired) electrons. The average molecular weight is 538 g/mol. The van der Waals surface area contributed by atoms with Crippen molar-refractivity contribution < 1.29 is 22.4 Å². The second kappa shape index (κ2) is 9.71. The second-order valence-electron chi connectivity index (χ2n) is 8.10. The van der Waals surface area contributed by atoms with E-state index in [-0.39, 0.29) is 10.8 Å². The number of anilines is 3. The highest BCUT2D eigenvalue weighted by Crippen LogP contribution is 2.40. The van der Waals surface area contributed by atoms with E-state index in [1.54, 1.807) is 40.2 Å². The molecule has 3 heterocycles. The number of hydrogen-bond donors (Lipinski definition) is 2. The summed E-state index contributed by atoms with van der Waals surface area (Å²) in [6.07, 6.45) is 1.49. The van der Waals surface area contributed by atoms with Crippen LogP contribution in [0, 0.1) is 13.8 Å². The molecule has 0 fully saturated rings. The van der Waals surface area contributed by atoms with Gasteiger partial charge in [-0.2, -0.15) is 0 Å². The quantitative estimate of drug-likeness (QED) is 0.263. The Labute approximate surface area is 217 Å². The van der Waals surface area contributed by atoms with Gasteiger partial charge in [-0.25, -0.2) is 23.1 Å². The smallest absolute Gasteiger partial charge is 0.264 e. The van der Waals surface area contributed by atoms with Crippen molar-refractivity contribution in [3.63, 3.8) is 0 Å². The van der Waals surface area contributed by atoms with Crippen LogP contribution in [0.15, 0.2) is 63.6 Å². The Kier molecular flexibility index (Phi) is 6.44. The number of rotatable bonds is 8. The van der Waals surface area contributed by atoms with Crippen LogP contribution in [0.2, 0.25) is 0 Å². The van der Waals surface area contributed by atoms with E-state index >= 15 is 0 Å². The molecule has 5 aromatic rings. The van der Waals surface area contributed by atoms with Crippen molar-refractivity contribution in [1.29, 1.82) is 0 Å². The number of benzene rings is 2. The van der Waals surface area contributed by atoms with Gasteiger partial charge in [-0.15, -0.1) is 11.3 Å². The number of methoxy groups -OCH3 is 2. The molecule has 0 saturated heterocycles. The molecule has 5 rings (SSSR count). The number of nitrogens with one attached hydrogen (secondary N) is 2. The minimum absolute atomic E-state index is 0.0842. The second-order valence-corrected chi connectivity index (χ2v) is 10.6. The lowest BCUT2D eigenvalue weighted by Gasteiger charge is -2.11. The number of nitrogens with zero attached hydrogens (tertiary/aromatic N) is 3. The fourth-order valence-electron chi connectivity index (χ4n) is 3.73. The summed E-state index contributed by atoms with van der Waals surface area (Å²) in [5.74, 6) is 1.95. The minimum atomic E-state index is -3.85. The average Bonchev–Trinajstić information content (AvgIpc) is 3.48. The number of aryl methyl sites for hydroxylation is 1. The summed E-state index contributed by atoms with van der Waals surface area (Å²) < 4.78 is 44.0. The maximum absolute atomic E-state index is 12.8. The highest BCUT2D eigenvalue weighted by atomic mass is 32.2. The third-order valence-electron chi connectivity index (χ3n) is 5.88. The van der Waals surface area contributed by atoms with Gasteiger partial charge in [0, 0.05) is 22.2 Å². The Bertz CT molecular complexity index is 1690. The van der Waals surface area contributed by atoms with Crippen molar-refractivity contribution in [3.8, 4) is 22.6 Å². The third-order valence-corrected chi connectivity index (χ3v) is 8.11. The molecular weight excluding hydrogens is 514 g/mol. The number of hydrogen-bond acceptors (Lipinski definition) is 10. The van der Waals surface area contributed by atoms with Gasteiger partial charge in [-0.1, -0.05) is 11.2 Å². The van der Waals surface area contributed by atoms with E-state index in [0.29, 0.717) is 34.3 Å². The summed E-state index contributed by atoms with van der Waals surface area (Å²) in [5.41, 5.74) is 3.78. The first-order valence-corrected chi connectivity index (χ1v) is 13.4. The lowest BCUT2D eigenvalue weighted by atomic mass is 10.1. The Morgan fingerprint density at radius 1 is 0.973 bits per heavy atom. The Balaban J connectivity index is 1.44. The van der Waals surface area contributed by atoms with Crippen molar-refractivity contribution in [3.05, 3.63) is 65.4 Å². The van der Waals surface area contributed by atoms with Gasteiger partial charge in [0.05, 0.1) is 30.2 Å². The largest absolute Gasteiger partial charge is 0.493 e. The molecule has 2 aromatic carbocycles. The number of sulfonamides is 1. The molecule has 10 nitrogen and oxygen atoms in total. The standard InChI is InChI=1S/C25H23N5O5S2/c1-14-15(2)29-35-24(14)30-37(31,32)18-8-6-17(7-9-18)28-23-22-19(12-36-25(22)27-13-26-23)16-5-10-20(33-3)21(11-16)34-4/h5-13,30H,1-4H3,(H,26,27,28). The van der Waals surface area contributed by atoms with Crippen LogP contribution in [0.25, 0.3) is 21.3 Å². The van der Waals surface area contributed by atoms with E-state index in [1.165, 1.54) is 29.8 Å². The molecule has 0 aliphatic carbocycles. The molecule has 0 amide bonds. The van der Waals surface area contributed by atoms with E-state index in [0.717, 1.165) is 21.3 Å². The number of ether oxygens (including phenoxy) is 2. The summed E-state index contributed by atoms with van der Waals surface area (Å²) in [6, 6.07) is 12.1. The predicted octanol–water partition coefficient (Wildman–Crippen LogP) is 5.52. The van der Waals surface area contributed by atoms with Crippen molar-refractivity contribution in [2.45, 2.75) is 18.7 Å². The Hall–Kier alpha value is -4.16. The summed E-state index contributed by atoms with van der Waals surface area (Å²) in [4.78, 5) is 9.76. The predicted molar refractivity (Wildman–Crippen MR) is 142 cm³/mol. The summed E-state index contributed by atoms with van der Waals surface area (Å²) >= 11 is 1.50. The van der Waals surface area contributed by atoms with Crippen molar-refractivity contribution in [2.75, 3.05) is 24.3 Å². The first kappa shape index (κ1) is 24.5. The molecule has 0 spiro atoms. The van der Waals surface area contributed by atoms with Gasteiger partial charge in [0.15, 0.2) is 11.5 Å². The molecule has 2 N–H and O–H groups in total. The van der Waals surface area contributed by atoms with Gasteiger partial charge in [0.25, 0.3) is 10.0 Å². The normalized spacial score (nSPS) is 11.5. The van der Waals surface area contributed by atoms with Crippen LogP contribution < -0.4 is 19.5 Å². The molecule has 0 atom stereocenters. The fraction of sp³-hybridized carbons (Fsp3) is 0.160. The lowest BCUT2D eigenvalue weighted by Crippen LogP contribution is -2.13. The molecule has 12 heteroatoms.